The fourth-order valence-electron chi connectivity index (χ4n) is 0. The van der Waals surface area contributed by atoms with E-state index in [0.717, 1.165) is 6.42 Å². The Morgan fingerprint density at radius 3 is 1.57 bits per heavy atom. The second kappa shape index (κ2) is 9.30. The lowest BCUT2D eigenvalue weighted by Gasteiger charge is -1.91. The topological polar surface area (TPSA) is 89.0 Å². The molecule has 0 heterocycles. The van der Waals surface area contributed by atoms with E-state index in [1.807, 2.05) is 6.92 Å². The Kier molecular flexibility index (Phi) is 21.0. The maximum Gasteiger partial charge on any atom is 0.000781 e. The van der Waals surface area contributed by atoms with E-state index in [1.165, 1.54) is 0 Å². The van der Waals surface area contributed by atoms with E-state index in [-0.39, 0.29) is 11.0 Å². The van der Waals surface area contributed by atoms with E-state index in [1.54, 1.807) is 0 Å². The van der Waals surface area contributed by atoms with Crippen LogP contribution in [0.4, 0.5) is 0 Å². The third kappa shape index (κ3) is 25.0. The van der Waals surface area contributed by atoms with Crippen LogP contribution in [0.15, 0.2) is 0 Å². The summed E-state index contributed by atoms with van der Waals surface area (Å²) in [6, 6.07) is 0.384. The molecule has 0 saturated heterocycles. The lowest BCUT2D eigenvalue weighted by atomic mass is 10.3. The van der Waals surface area contributed by atoms with E-state index in [2.05, 4.69) is 6.92 Å². The van der Waals surface area contributed by atoms with Crippen LogP contribution in [0, 0.1) is 0 Å². The minimum atomic E-state index is 0. The van der Waals surface area contributed by atoms with Gasteiger partial charge in [0.05, 0.1) is 0 Å². The molecular weight excluding hydrogens is 94.0 g/mol. The number of hydrogen-bond acceptors (Lipinski definition) is 1. The van der Waals surface area contributed by atoms with E-state index in [4.69, 9.17) is 5.73 Å². The van der Waals surface area contributed by atoms with Crippen LogP contribution in [0.5, 0.6) is 0 Å². The highest BCUT2D eigenvalue weighted by Gasteiger charge is 1.79. The summed E-state index contributed by atoms with van der Waals surface area (Å²) in [4.78, 5) is 0. The van der Waals surface area contributed by atoms with Crippen molar-refractivity contribution >= 4 is 0 Å². The molecule has 0 radical (unpaired) electrons. The molecule has 0 aliphatic carbocycles. The summed E-state index contributed by atoms with van der Waals surface area (Å²) < 4.78 is 0. The lowest BCUT2D eigenvalue weighted by Crippen LogP contribution is -2.11. The van der Waals surface area contributed by atoms with Gasteiger partial charge in [-0.05, 0) is 13.3 Å². The number of nitrogens with two attached hydrogens (primary N) is 1. The Balaban J connectivity index is -0.0000000800. The molecule has 3 heteroatoms. The fraction of sp³-hybridized carbons (Fsp3) is 1.00. The first-order valence-electron chi connectivity index (χ1n) is 2.03. The van der Waals surface area contributed by atoms with Gasteiger partial charge in [-0.15, -0.1) is 0 Å². The predicted octanol–water partition coefficient (Wildman–Crippen LogP) is -0.906. The van der Waals surface area contributed by atoms with Crippen LogP contribution in [0.3, 0.4) is 0 Å². The maximum atomic E-state index is 5.29. The van der Waals surface area contributed by atoms with Crippen LogP contribution in [0.25, 0.3) is 0 Å². The van der Waals surface area contributed by atoms with E-state index >= 15 is 0 Å². The van der Waals surface area contributed by atoms with Gasteiger partial charge in [0.2, 0.25) is 0 Å². The number of rotatable bonds is 1. The summed E-state index contributed by atoms with van der Waals surface area (Å²) in [6.45, 7) is 4.07. The van der Waals surface area contributed by atoms with Crippen molar-refractivity contribution in [3.8, 4) is 0 Å². The highest BCUT2D eigenvalue weighted by atomic mass is 16.0. The van der Waals surface area contributed by atoms with Crippen LogP contribution in [-0.4, -0.2) is 17.0 Å². The molecule has 0 rings (SSSR count). The van der Waals surface area contributed by atoms with Crippen LogP contribution >= 0.6 is 0 Å². The summed E-state index contributed by atoms with van der Waals surface area (Å²) in [6.07, 6.45) is 1.08. The molecule has 0 aliphatic rings. The van der Waals surface area contributed by atoms with E-state index in [9.17, 15) is 0 Å². The Bertz CT molecular complexity index is 23.7. The van der Waals surface area contributed by atoms with Crippen molar-refractivity contribution in [2.45, 2.75) is 26.3 Å². The second-order valence-corrected chi connectivity index (χ2v) is 1.39. The average molecular weight is 109 g/mol. The van der Waals surface area contributed by atoms with Gasteiger partial charge < -0.3 is 16.7 Å². The van der Waals surface area contributed by atoms with Crippen LogP contribution in [0.1, 0.15) is 20.3 Å². The molecule has 0 spiro atoms. The number of hydrogen-bond donors (Lipinski definition) is 1. The molecule has 7 heavy (non-hydrogen) atoms. The standard InChI is InChI=1S/C4H11N.2H2O/c1-3-4(2)5;;/h4H,3,5H2,1-2H3;2*1H2. The third-order valence-electron chi connectivity index (χ3n) is 0.644. The molecule has 0 aromatic rings. The van der Waals surface area contributed by atoms with Crippen molar-refractivity contribution in [3.63, 3.8) is 0 Å². The molecular formula is C4H15NO2. The lowest BCUT2D eigenvalue weighted by molar-refractivity contribution is 0.715. The van der Waals surface area contributed by atoms with Crippen LogP contribution < -0.4 is 5.73 Å². The molecule has 1 unspecified atom stereocenters. The highest BCUT2D eigenvalue weighted by Crippen LogP contribution is 1.77. The zero-order chi connectivity index (χ0) is 4.28. The third-order valence-corrected chi connectivity index (χ3v) is 0.644. The first-order valence-corrected chi connectivity index (χ1v) is 2.03. The molecule has 0 aliphatic heterocycles. The molecule has 0 fully saturated rings. The fourth-order valence-corrected chi connectivity index (χ4v) is 0. The summed E-state index contributed by atoms with van der Waals surface area (Å²) >= 11 is 0. The van der Waals surface area contributed by atoms with Gasteiger partial charge in [0.15, 0.2) is 0 Å². The summed E-state index contributed by atoms with van der Waals surface area (Å²) in [7, 11) is 0. The van der Waals surface area contributed by atoms with Crippen LogP contribution in [-0.2, 0) is 0 Å². The minimum Gasteiger partial charge on any atom is -0.412 e. The first-order chi connectivity index (χ1) is 2.27. The Hall–Kier alpha value is -0.120. The molecule has 1 atom stereocenters. The van der Waals surface area contributed by atoms with Gasteiger partial charge in [-0.1, -0.05) is 6.92 Å². The van der Waals surface area contributed by atoms with Gasteiger partial charge in [-0.2, -0.15) is 0 Å². The molecule has 3 nitrogen and oxygen atoms in total. The van der Waals surface area contributed by atoms with Gasteiger partial charge in [-0.3, -0.25) is 0 Å². The molecule has 48 valence electrons. The zero-order valence-corrected chi connectivity index (χ0v) is 4.86. The summed E-state index contributed by atoms with van der Waals surface area (Å²) in [5.41, 5.74) is 5.29. The van der Waals surface area contributed by atoms with E-state index in [0.29, 0.717) is 6.04 Å². The predicted molar refractivity (Wildman–Crippen MR) is 31.2 cm³/mol. The van der Waals surface area contributed by atoms with Gasteiger partial charge >= 0.3 is 0 Å². The monoisotopic (exact) mass is 109 g/mol. The molecule has 6 N–H and O–H groups in total. The normalized spacial score (nSPS) is 10.7. The molecule has 0 aromatic carbocycles. The van der Waals surface area contributed by atoms with Gasteiger partial charge in [-0.25, -0.2) is 0 Å². The second-order valence-electron chi connectivity index (χ2n) is 1.39. The Morgan fingerprint density at radius 1 is 1.43 bits per heavy atom. The van der Waals surface area contributed by atoms with Crippen molar-refractivity contribution in [1.82, 2.24) is 0 Å². The highest BCUT2D eigenvalue weighted by molar-refractivity contribution is 4.43. The summed E-state index contributed by atoms with van der Waals surface area (Å²) in [5.74, 6) is 0. The maximum absolute atomic E-state index is 5.29. The van der Waals surface area contributed by atoms with Gasteiger partial charge in [0.1, 0.15) is 0 Å². The molecule has 0 saturated carbocycles. The Morgan fingerprint density at radius 2 is 1.57 bits per heavy atom. The minimum absolute atomic E-state index is 0. The Labute approximate surface area is 44.1 Å². The van der Waals surface area contributed by atoms with Gasteiger partial charge in [0, 0.05) is 6.04 Å². The molecule has 0 amide bonds. The van der Waals surface area contributed by atoms with Crippen LogP contribution in [0.2, 0.25) is 0 Å². The van der Waals surface area contributed by atoms with Crippen molar-refractivity contribution in [3.05, 3.63) is 0 Å². The van der Waals surface area contributed by atoms with Crippen molar-refractivity contribution in [1.29, 1.82) is 0 Å². The smallest absolute Gasteiger partial charge is 0.000781 e. The molecule has 0 bridgehead atoms. The first kappa shape index (κ1) is 15.8. The van der Waals surface area contributed by atoms with Crippen molar-refractivity contribution in [2.75, 3.05) is 0 Å². The SMILES string of the molecule is CCC(C)N.O.O. The van der Waals surface area contributed by atoms with Crippen molar-refractivity contribution in [2.24, 2.45) is 5.73 Å². The average Bonchev–Trinajstić information content (AvgIpc) is 1.38. The summed E-state index contributed by atoms with van der Waals surface area (Å²) in [5, 5.41) is 0. The van der Waals surface area contributed by atoms with Crippen molar-refractivity contribution < 1.29 is 11.0 Å². The largest absolute Gasteiger partial charge is 0.412 e. The van der Waals surface area contributed by atoms with E-state index < -0.39 is 0 Å². The zero-order valence-electron chi connectivity index (χ0n) is 4.86. The molecule has 0 aromatic heterocycles. The quantitative estimate of drug-likeness (QED) is 0.464. The van der Waals surface area contributed by atoms with Gasteiger partial charge in [0.25, 0.3) is 0 Å².